The Balaban J connectivity index is 2.72. The van der Waals surface area contributed by atoms with Gasteiger partial charge in [-0.1, -0.05) is 53.7 Å². The molecule has 148 valence electrons. The second-order valence-electron chi connectivity index (χ2n) is 9.66. The lowest BCUT2D eigenvalue weighted by Gasteiger charge is -2.28. The molecule has 0 spiro atoms. The van der Waals surface area contributed by atoms with Crippen molar-refractivity contribution in [1.29, 1.82) is 0 Å². The lowest BCUT2D eigenvalue weighted by molar-refractivity contribution is 0.445. The van der Waals surface area contributed by atoms with Crippen LogP contribution in [-0.2, 0) is 10.8 Å². The third-order valence-corrected chi connectivity index (χ3v) is 5.60. The van der Waals surface area contributed by atoms with E-state index < -0.39 is 0 Å². The number of alkyl halides is 1. The average Bonchev–Trinajstić information content (AvgIpc) is 2.48. The third kappa shape index (κ3) is 4.43. The van der Waals surface area contributed by atoms with Gasteiger partial charge >= 0.3 is 0 Å². The molecular formula is C24H33ClO2. The van der Waals surface area contributed by atoms with E-state index in [1.54, 1.807) is 0 Å². The Morgan fingerprint density at radius 1 is 0.741 bits per heavy atom. The molecule has 3 heteroatoms. The van der Waals surface area contributed by atoms with Crippen molar-refractivity contribution in [2.24, 2.45) is 0 Å². The van der Waals surface area contributed by atoms with Crippen LogP contribution in [0.1, 0.15) is 80.8 Å². The molecule has 0 radical (unpaired) electrons. The first-order valence-electron chi connectivity index (χ1n) is 9.51. The van der Waals surface area contributed by atoms with E-state index in [1.165, 1.54) is 0 Å². The number of phenolic OH excluding ortho intramolecular Hbond substituents is 2. The monoisotopic (exact) mass is 388 g/mol. The molecule has 0 unspecified atom stereocenters. The maximum absolute atomic E-state index is 10.5. The molecule has 0 fully saturated rings. The maximum Gasteiger partial charge on any atom is 0.119 e. The van der Waals surface area contributed by atoms with Crippen LogP contribution in [0.2, 0.25) is 0 Å². The summed E-state index contributed by atoms with van der Waals surface area (Å²) in [6.45, 7) is 16.6. The topological polar surface area (TPSA) is 40.5 Å². The van der Waals surface area contributed by atoms with Crippen molar-refractivity contribution in [3.05, 3.63) is 57.6 Å². The molecule has 2 aromatic carbocycles. The molecule has 0 aliphatic heterocycles. The quantitative estimate of drug-likeness (QED) is 0.575. The van der Waals surface area contributed by atoms with E-state index in [9.17, 15) is 10.2 Å². The summed E-state index contributed by atoms with van der Waals surface area (Å²) in [7, 11) is 0. The fraction of sp³-hybridized carbons (Fsp3) is 0.500. The van der Waals surface area contributed by atoms with Crippen molar-refractivity contribution >= 4 is 11.6 Å². The van der Waals surface area contributed by atoms with Gasteiger partial charge in [0.15, 0.2) is 0 Å². The zero-order chi connectivity index (χ0) is 20.7. The SMILES string of the molecule is Cc1cc(O)c(C(C)(C)C)cc1C(CCl)c1cc(C(C)(C)C)c(O)cc1C. The summed E-state index contributed by atoms with van der Waals surface area (Å²) < 4.78 is 0. The van der Waals surface area contributed by atoms with Gasteiger partial charge in [0.2, 0.25) is 0 Å². The van der Waals surface area contributed by atoms with Crippen LogP contribution in [0.25, 0.3) is 0 Å². The summed E-state index contributed by atoms with van der Waals surface area (Å²) in [6, 6.07) is 7.88. The van der Waals surface area contributed by atoms with E-state index >= 15 is 0 Å². The first kappa shape index (κ1) is 21.6. The Morgan fingerprint density at radius 2 is 1.07 bits per heavy atom. The smallest absolute Gasteiger partial charge is 0.119 e. The summed E-state index contributed by atoms with van der Waals surface area (Å²) in [6.07, 6.45) is 0. The highest BCUT2D eigenvalue weighted by molar-refractivity contribution is 6.18. The Morgan fingerprint density at radius 3 is 1.33 bits per heavy atom. The first-order chi connectivity index (χ1) is 12.3. The van der Waals surface area contributed by atoms with Crippen molar-refractivity contribution in [3.8, 4) is 11.5 Å². The van der Waals surface area contributed by atoms with Gasteiger partial charge < -0.3 is 10.2 Å². The van der Waals surface area contributed by atoms with Gasteiger partial charge in [0.1, 0.15) is 11.5 Å². The molecule has 0 heterocycles. The number of hydrogen-bond acceptors (Lipinski definition) is 2. The van der Waals surface area contributed by atoms with Crippen LogP contribution < -0.4 is 0 Å². The molecule has 2 aromatic rings. The van der Waals surface area contributed by atoms with Crippen LogP contribution in [0.3, 0.4) is 0 Å². The van der Waals surface area contributed by atoms with Crippen molar-refractivity contribution < 1.29 is 10.2 Å². The molecule has 0 atom stereocenters. The fourth-order valence-electron chi connectivity index (χ4n) is 3.70. The summed E-state index contributed by atoms with van der Waals surface area (Å²) in [5, 5.41) is 20.9. The minimum atomic E-state index is -0.163. The molecule has 0 aromatic heterocycles. The van der Waals surface area contributed by atoms with E-state index in [2.05, 4.69) is 53.7 Å². The number of hydrogen-bond donors (Lipinski definition) is 2. The van der Waals surface area contributed by atoms with Gasteiger partial charge in [-0.05, 0) is 70.2 Å². The van der Waals surface area contributed by atoms with Gasteiger partial charge in [0.05, 0.1) is 0 Å². The Hall–Kier alpha value is -1.67. The van der Waals surface area contributed by atoms with Gasteiger partial charge in [-0.15, -0.1) is 11.6 Å². The zero-order valence-electron chi connectivity index (χ0n) is 17.9. The third-order valence-electron chi connectivity index (χ3n) is 5.29. The van der Waals surface area contributed by atoms with E-state index in [0.717, 1.165) is 33.4 Å². The van der Waals surface area contributed by atoms with E-state index in [4.69, 9.17) is 11.6 Å². The summed E-state index contributed by atoms with van der Waals surface area (Å²) in [4.78, 5) is 0. The lowest BCUT2D eigenvalue weighted by Crippen LogP contribution is -2.16. The summed E-state index contributed by atoms with van der Waals surface area (Å²) >= 11 is 6.47. The van der Waals surface area contributed by atoms with Crippen molar-refractivity contribution in [1.82, 2.24) is 0 Å². The van der Waals surface area contributed by atoms with Crippen LogP contribution >= 0.6 is 11.6 Å². The number of benzene rings is 2. The zero-order valence-corrected chi connectivity index (χ0v) is 18.6. The molecule has 2 rings (SSSR count). The Labute approximate surface area is 169 Å². The molecule has 0 aliphatic carbocycles. The molecule has 27 heavy (non-hydrogen) atoms. The van der Waals surface area contributed by atoms with Crippen LogP contribution in [0, 0.1) is 13.8 Å². The van der Waals surface area contributed by atoms with E-state index in [1.807, 2.05) is 26.0 Å². The van der Waals surface area contributed by atoms with E-state index in [0.29, 0.717) is 17.4 Å². The van der Waals surface area contributed by atoms with Crippen LogP contribution in [-0.4, -0.2) is 16.1 Å². The summed E-state index contributed by atoms with van der Waals surface area (Å²) in [5.41, 5.74) is 5.82. The van der Waals surface area contributed by atoms with Crippen molar-refractivity contribution in [2.45, 2.75) is 72.1 Å². The number of aryl methyl sites for hydroxylation is 2. The predicted molar refractivity (Wildman–Crippen MR) is 116 cm³/mol. The minimum absolute atomic E-state index is 0.00457. The second kappa shape index (κ2) is 7.39. The number of rotatable bonds is 3. The molecule has 2 N–H and O–H groups in total. The van der Waals surface area contributed by atoms with Crippen molar-refractivity contribution in [3.63, 3.8) is 0 Å². The van der Waals surface area contributed by atoms with Crippen LogP contribution in [0.15, 0.2) is 24.3 Å². The fourth-order valence-corrected chi connectivity index (χ4v) is 4.04. The van der Waals surface area contributed by atoms with Gasteiger partial charge in [-0.3, -0.25) is 0 Å². The largest absolute Gasteiger partial charge is 0.508 e. The molecule has 0 amide bonds. The molecule has 0 aliphatic rings. The Bertz CT molecular complexity index is 769. The summed E-state index contributed by atoms with van der Waals surface area (Å²) in [5.74, 6) is 1.09. The molecule has 2 nitrogen and oxygen atoms in total. The van der Waals surface area contributed by atoms with E-state index in [-0.39, 0.29) is 16.7 Å². The highest BCUT2D eigenvalue weighted by atomic mass is 35.5. The van der Waals surface area contributed by atoms with Gasteiger partial charge in [-0.25, -0.2) is 0 Å². The molecule has 0 bridgehead atoms. The predicted octanol–water partition coefficient (Wildman–Crippen LogP) is 6.68. The number of phenols is 2. The maximum atomic E-state index is 10.5. The lowest BCUT2D eigenvalue weighted by atomic mass is 9.78. The molecule has 0 saturated carbocycles. The number of halogens is 1. The van der Waals surface area contributed by atoms with Gasteiger partial charge in [0.25, 0.3) is 0 Å². The molecule has 0 saturated heterocycles. The highest BCUT2D eigenvalue weighted by Crippen LogP contribution is 2.41. The van der Waals surface area contributed by atoms with Crippen LogP contribution in [0.4, 0.5) is 0 Å². The first-order valence-corrected chi connectivity index (χ1v) is 10.0. The normalized spacial score (nSPS) is 12.7. The minimum Gasteiger partial charge on any atom is -0.508 e. The second-order valence-corrected chi connectivity index (χ2v) is 9.97. The molecular weight excluding hydrogens is 356 g/mol. The average molecular weight is 389 g/mol. The Kier molecular flexibility index (Phi) is 5.92. The van der Waals surface area contributed by atoms with Crippen molar-refractivity contribution in [2.75, 3.05) is 5.88 Å². The highest BCUT2D eigenvalue weighted by Gasteiger charge is 2.26. The van der Waals surface area contributed by atoms with Gasteiger partial charge in [0, 0.05) is 11.8 Å². The van der Waals surface area contributed by atoms with Crippen LogP contribution in [0.5, 0.6) is 11.5 Å². The number of aromatic hydroxyl groups is 2. The standard InChI is InChI=1S/C24H33ClO2/c1-14-9-21(26)19(23(3,4)5)11-16(14)18(13-25)17-12-20(24(6,7)8)22(27)10-15(17)2/h9-12,18,26-27H,13H2,1-8H3. The van der Waals surface area contributed by atoms with Gasteiger partial charge in [-0.2, -0.15) is 0 Å².